The summed E-state index contributed by atoms with van der Waals surface area (Å²) >= 11 is 0. The maximum Gasteiger partial charge on any atom is 0.217 e. The number of nitrogens with one attached hydrogen (secondary N) is 2. The highest BCUT2D eigenvalue weighted by atomic mass is 16.8. The summed E-state index contributed by atoms with van der Waals surface area (Å²) < 4.78 is 46.5. The van der Waals surface area contributed by atoms with Gasteiger partial charge in [0, 0.05) is 13.8 Å². The van der Waals surface area contributed by atoms with Crippen LogP contribution in [0.2, 0.25) is 0 Å². The van der Waals surface area contributed by atoms with Crippen LogP contribution in [0.5, 0.6) is 0 Å². The fourth-order valence-electron chi connectivity index (χ4n) is 7.35. The number of aliphatic hydroxyl groups is 15. The molecule has 0 spiro atoms. The molecule has 0 aromatic rings. The molecule has 0 aromatic carbocycles. The Labute approximate surface area is 347 Å². The molecule has 4 aliphatic rings. The molecule has 27 nitrogen and oxygen atoms in total. The smallest absolute Gasteiger partial charge is 0.217 e. The summed E-state index contributed by atoms with van der Waals surface area (Å²) in [6.07, 6.45) is -41.3. The van der Waals surface area contributed by atoms with Crippen LogP contribution in [0, 0.1) is 0 Å². The number of carbonyl (C=O) groups excluding carboxylic acids is 2. The zero-order valence-corrected chi connectivity index (χ0v) is 33.2. The first kappa shape index (κ1) is 51.7. The highest BCUT2D eigenvalue weighted by Gasteiger charge is 2.57. The second-order valence-corrected chi connectivity index (χ2v) is 15.2. The van der Waals surface area contributed by atoms with Gasteiger partial charge in [-0.15, -0.1) is 0 Å². The third-order valence-electron chi connectivity index (χ3n) is 10.7. The van der Waals surface area contributed by atoms with Crippen LogP contribution in [-0.2, 0) is 47.5 Å². The first-order valence-electron chi connectivity index (χ1n) is 19.4. The van der Waals surface area contributed by atoms with E-state index in [1.165, 1.54) is 6.92 Å². The van der Waals surface area contributed by atoms with Crippen molar-refractivity contribution in [2.24, 2.45) is 0 Å². The quantitative estimate of drug-likeness (QED) is 0.0607. The molecule has 4 saturated heterocycles. The summed E-state index contributed by atoms with van der Waals surface area (Å²) in [5.74, 6) is -1.57. The third kappa shape index (κ3) is 11.8. The van der Waals surface area contributed by atoms with Crippen LogP contribution in [0.3, 0.4) is 0 Å². The van der Waals surface area contributed by atoms with E-state index in [0.717, 1.165) is 13.8 Å². The summed E-state index contributed by atoms with van der Waals surface area (Å²) in [6.45, 7) is -1.54. The van der Waals surface area contributed by atoms with Crippen LogP contribution in [0.25, 0.3) is 0 Å². The molecule has 0 aromatic heterocycles. The van der Waals surface area contributed by atoms with Gasteiger partial charge in [0.2, 0.25) is 11.8 Å². The number of carbonyl (C=O) groups is 2. The standard InChI is InChI=1S/C34H60N2O25/c1-9-18(45)23(50)25(52)32(54-9)61-30-29(60-33-26(53)24(51)20(47)14(6-39)55-33)21(48)15(7-40)56-34(30)59-28-16(8-41)57-31(17(22(28)49)36-11(3)43)58-27(19(46)13(44)5-38)12(4-37)35-10(2)42/h9,12-34,37-41,44-53H,4-8H2,1-3H3,(H,35,42)(H,36,43)/t9-,12-,13+,14+,15+,16+,17+,18+,19-,20-,21-,22+,23+,24-,25-,26+,27+,28+,29-,30+,31-,32-,33+,34-/m0/s1. The van der Waals surface area contributed by atoms with Crippen molar-refractivity contribution in [3.05, 3.63) is 0 Å². The van der Waals surface area contributed by atoms with Crippen LogP contribution in [0.4, 0.5) is 0 Å². The third-order valence-corrected chi connectivity index (χ3v) is 10.7. The zero-order chi connectivity index (χ0) is 45.6. The lowest BCUT2D eigenvalue weighted by atomic mass is 9.94. The van der Waals surface area contributed by atoms with Gasteiger partial charge in [-0.3, -0.25) is 9.59 Å². The monoisotopic (exact) mass is 896 g/mol. The van der Waals surface area contributed by atoms with Crippen LogP contribution >= 0.6 is 0 Å². The first-order chi connectivity index (χ1) is 28.7. The molecule has 24 atom stereocenters. The molecule has 0 aliphatic carbocycles. The Kier molecular flexibility index (Phi) is 19.3. The molecule has 61 heavy (non-hydrogen) atoms. The van der Waals surface area contributed by atoms with Gasteiger partial charge in [-0.25, -0.2) is 0 Å². The van der Waals surface area contributed by atoms with Gasteiger partial charge in [-0.1, -0.05) is 0 Å². The number of amides is 2. The van der Waals surface area contributed by atoms with Crippen LogP contribution in [0.15, 0.2) is 0 Å². The summed E-state index contributed by atoms with van der Waals surface area (Å²) in [4.78, 5) is 24.4. The predicted molar refractivity (Wildman–Crippen MR) is 191 cm³/mol. The average molecular weight is 897 g/mol. The number of hydrogen-bond donors (Lipinski definition) is 17. The van der Waals surface area contributed by atoms with Crippen molar-refractivity contribution in [2.45, 2.75) is 168 Å². The summed E-state index contributed by atoms with van der Waals surface area (Å²) in [5, 5.41) is 163. The summed E-state index contributed by atoms with van der Waals surface area (Å²) in [5.41, 5.74) is 0. The van der Waals surface area contributed by atoms with Gasteiger partial charge in [0.05, 0.1) is 45.2 Å². The minimum atomic E-state index is -2.08. The van der Waals surface area contributed by atoms with Crippen LogP contribution in [0.1, 0.15) is 20.8 Å². The summed E-state index contributed by atoms with van der Waals surface area (Å²) in [6, 6.07) is -3.27. The van der Waals surface area contributed by atoms with Crippen molar-refractivity contribution in [3.8, 4) is 0 Å². The maximum atomic E-state index is 12.5. The fourth-order valence-corrected chi connectivity index (χ4v) is 7.35. The molecular weight excluding hydrogens is 836 g/mol. The Balaban J connectivity index is 1.75. The van der Waals surface area contributed by atoms with Gasteiger partial charge in [0.1, 0.15) is 110 Å². The van der Waals surface area contributed by atoms with Crippen molar-refractivity contribution in [1.29, 1.82) is 0 Å². The Bertz CT molecular complexity index is 1370. The van der Waals surface area contributed by atoms with E-state index in [4.69, 9.17) is 37.9 Å². The Morgan fingerprint density at radius 1 is 0.557 bits per heavy atom. The van der Waals surface area contributed by atoms with Crippen LogP contribution < -0.4 is 10.6 Å². The molecule has 4 rings (SSSR count). The van der Waals surface area contributed by atoms with Gasteiger partial charge in [-0.2, -0.15) is 0 Å². The number of rotatable bonds is 18. The Morgan fingerprint density at radius 3 is 1.61 bits per heavy atom. The molecule has 356 valence electrons. The highest BCUT2D eigenvalue weighted by molar-refractivity contribution is 5.73. The fraction of sp³-hybridized carbons (Fsp3) is 0.941. The van der Waals surface area contributed by atoms with Crippen LogP contribution in [-0.4, -0.2) is 269 Å². The molecular formula is C34H60N2O25. The lowest BCUT2D eigenvalue weighted by molar-refractivity contribution is -0.403. The van der Waals surface area contributed by atoms with E-state index in [-0.39, 0.29) is 0 Å². The second kappa shape index (κ2) is 22.8. The SMILES string of the molecule is CC(=O)N[C@H]1[C@H](O[C@@H]([C@@H](O)[C@H](O)CO)[C@H](CO)NC(C)=O)O[C@H](CO)[C@@H](O[C@@H]2O[C@H](CO)[C@H](O)[C@H](O[C@H]3O[C@H](CO)[C@H](O)[C@H](O)[C@H]3O)[C@H]2O[C@@H]2O[C@@H](C)[C@@H](O)[C@@H](O)[C@@H]2O)[C@@H]1O. The van der Waals surface area contributed by atoms with E-state index in [0.29, 0.717) is 0 Å². The maximum absolute atomic E-state index is 12.5. The van der Waals surface area contributed by atoms with Crippen molar-refractivity contribution in [3.63, 3.8) is 0 Å². The van der Waals surface area contributed by atoms with Gasteiger partial charge < -0.3 is 125 Å². The normalized spacial score (nSPS) is 44.1. The Hall–Kier alpha value is -1.98. The predicted octanol–water partition coefficient (Wildman–Crippen LogP) is -11.0. The minimum absolute atomic E-state index is 0.737. The number of aliphatic hydroxyl groups excluding tert-OH is 15. The van der Waals surface area contributed by atoms with Gasteiger partial charge in [-0.05, 0) is 6.92 Å². The average Bonchev–Trinajstić information content (AvgIpc) is 3.23. The molecule has 4 aliphatic heterocycles. The van der Waals surface area contributed by atoms with Crippen molar-refractivity contribution < 1.29 is 124 Å². The summed E-state index contributed by atoms with van der Waals surface area (Å²) in [7, 11) is 0. The van der Waals surface area contributed by atoms with E-state index < -0.39 is 192 Å². The molecule has 4 heterocycles. The molecule has 4 fully saturated rings. The molecule has 0 radical (unpaired) electrons. The number of hydrogen-bond acceptors (Lipinski definition) is 25. The minimum Gasteiger partial charge on any atom is -0.394 e. The van der Waals surface area contributed by atoms with Crippen molar-refractivity contribution in [1.82, 2.24) is 10.6 Å². The zero-order valence-electron chi connectivity index (χ0n) is 33.2. The lowest BCUT2D eigenvalue weighted by Crippen LogP contribution is -2.70. The van der Waals surface area contributed by atoms with E-state index in [2.05, 4.69) is 10.6 Å². The van der Waals surface area contributed by atoms with Crippen molar-refractivity contribution in [2.75, 3.05) is 33.0 Å². The molecule has 2 amide bonds. The van der Waals surface area contributed by atoms with Gasteiger partial charge in [0.25, 0.3) is 0 Å². The van der Waals surface area contributed by atoms with E-state index >= 15 is 0 Å². The largest absolute Gasteiger partial charge is 0.394 e. The molecule has 0 saturated carbocycles. The second-order valence-electron chi connectivity index (χ2n) is 15.2. The highest BCUT2D eigenvalue weighted by Crippen LogP contribution is 2.36. The molecule has 27 heteroatoms. The van der Waals surface area contributed by atoms with E-state index in [1.807, 2.05) is 0 Å². The lowest BCUT2D eigenvalue weighted by Gasteiger charge is -2.51. The topological polar surface area (TPSA) is 435 Å². The van der Waals surface area contributed by atoms with E-state index in [9.17, 15) is 86.2 Å². The molecule has 0 unspecified atom stereocenters. The molecule has 17 N–H and O–H groups in total. The van der Waals surface area contributed by atoms with Gasteiger partial charge >= 0.3 is 0 Å². The number of ether oxygens (including phenoxy) is 8. The van der Waals surface area contributed by atoms with Crippen molar-refractivity contribution >= 4 is 11.8 Å². The first-order valence-corrected chi connectivity index (χ1v) is 19.4. The van der Waals surface area contributed by atoms with E-state index in [1.54, 1.807) is 0 Å². The molecule has 0 bridgehead atoms. The Morgan fingerprint density at radius 2 is 1.07 bits per heavy atom. The van der Waals surface area contributed by atoms with Gasteiger partial charge in [0.15, 0.2) is 25.2 Å².